The Hall–Kier alpha value is -2.89. The molecule has 3 heterocycles. The first-order chi connectivity index (χ1) is 14.2. The predicted octanol–water partition coefficient (Wildman–Crippen LogP) is 3.18. The summed E-state index contributed by atoms with van der Waals surface area (Å²) in [5, 5.41) is 2.99. The van der Waals surface area contributed by atoms with Crippen molar-refractivity contribution in [3.05, 3.63) is 54.9 Å². The fraction of sp³-hybridized carbons (Fsp3) is 0.435. The summed E-state index contributed by atoms with van der Waals surface area (Å²) < 4.78 is 0. The molecular weight excluding hydrogens is 364 g/mol. The van der Waals surface area contributed by atoms with Crippen molar-refractivity contribution in [2.24, 2.45) is 11.8 Å². The predicted molar refractivity (Wildman–Crippen MR) is 114 cm³/mol. The molecule has 0 bridgehead atoms. The van der Waals surface area contributed by atoms with Gasteiger partial charge in [0.1, 0.15) is 0 Å². The quantitative estimate of drug-likeness (QED) is 0.868. The van der Waals surface area contributed by atoms with Crippen molar-refractivity contribution in [3.63, 3.8) is 0 Å². The second-order valence-corrected chi connectivity index (χ2v) is 7.95. The van der Waals surface area contributed by atoms with E-state index in [2.05, 4.69) is 15.2 Å². The lowest BCUT2D eigenvalue weighted by Gasteiger charge is -2.38. The summed E-state index contributed by atoms with van der Waals surface area (Å²) in [6.45, 7) is 3.05. The number of pyridine rings is 1. The Bertz CT molecular complexity index is 819. The zero-order chi connectivity index (χ0) is 20.1. The molecule has 4 rings (SSSR count). The molecule has 1 unspecified atom stereocenters. The van der Waals surface area contributed by atoms with Gasteiger partial charge in [-0.25, -0.2) is 0 Å². The van der Waals surface area contributed by atoms with Crippen molar-refractivity contribution in [3.8, 4) is 0 Å². The van der Waals surface area contributed by atoms with Gasteiger partial charge in [-0.3, -0.25) is 14.6 Å². The van der Waals surface area contributed by atoms with Crippen LogP contribution in [0.4, 0.5) is 11.4 Å². The molecule has 2 aromatic rings. The van der Waals surface area contributed by atoms with Crippen LogP contribution in [0.3, 0.4) is 0 Å². The first-order valence-corrected chi connectivity index (χ1v) is 10.5. The van der Waals surface area contributed by atoms with Crippen LogP contribution in [0.2, 0.25) is 0 Å². The van der Waals surface area contributed by atoms with Gasteiger partial charge in [0.25, 0.3) is 0 Å². The molecule has 6 nitrogen and oxygen atoms in total. The number of para-hydroxylation sites is 1. The van der Waals surface area contributed by atoms with Gasteiger partial charge in [0, 0.05) is 55.9 Å². The van der Waals surface area contributed by atoms with E-state index in [1.54, 1.807) is 12.4 Å². The van der Waals surface area contributed by atoms with Crippen LogP contribution in [0, 0.1) is 11.8 Å². The zero-order valence-corrected chi connectivity index (χ0v) is 16.7. The van der Waals surface area contributed by atoms with Crippen LogP contribution in [0.15, 0.2) is 54.9 Å². The second-order valence-electron chi connectivity index (χ2n) is 7.95. The van der Waals surface area contributed by atoms with Gasteiger partial charge in [-0.2, -0.15) is 0 Å². The number of anilines is 2. The maximum atomic E-state index is 13.1. The molecule has 0 radical (unpaired) electrons. The normalized spacial score (nSPS) is 20.3. The van der Waals surface area contributed by atoms with E-state index in [0.29, 0.717) is 6.54 Å². The Morgan fingerprint density at radius 1 is 0.897 bits per heavy atom. The van der Waals surface area contributed by atoms with Crippen molar-refractivity contribution in [2.45, 2.75) is 25.7 Å². The Labute approximate surface area is 171 Å². The van der Waals surface area contributed by atoms with Gasteiger partial charge in [0.15, 0.2) is 0 Å². The number of hydrogen-bond acceptors (Lipinski definition) is 4. The van der Waals surface area contributed by atoms with Crippen molar-refractivity contribution < 1.29 is 9.59 Å². The van der Waals surface area contributed by atoms with Crippen LogP contribution >= 0.6 is 0 Å². The molecule has 1 atom stereocenters. The number of likely N-dealkylation sites (tertiary alicyclic amines) is 1. The maximum absolute atomic E-state index is 13.1. The van der Waals surface area contributed by atoms with Gasteiger partial charge in [-0.1, -0.05) is 18.2 Å². The number of carbonyl (C=O) groups excluding carboxylic acids is 2. The minimum Gasteiger partial charge on any atom is -0.371 e. The summed E-state index contributed by atoms with van der Waals surface area (Å²) in [5.74, 6) is 0.159. The summed E-state index contributed by atoms with van der Waals surface area (Å²) >= 11 is 0. The highest BCUT2D eigenvalue weighted by Crippen LogP contribution is 2.26. The highest BCUT2D eigenvalue weighted by atomic mass is 16.2. The van der Waals surface area contributed by atoms with E-state index in [0.717, 1.165) is 51.0 Å². The van der Waals surface area contributed by atoms with Crippen molar-refractivity contribution in [2.75, 3.05) is 36.4 Å². The third-order valence-electron chi connectivity index (χ3n) is 6.02. The van der Waals surface area contributed by atoms with Crippen LogP contribution in [-0.4, -0.2) is 47.9 Å². The topological polar surface area (TPSA) is 65.5 Å². The molecule has 152 valence electrons. The highest BCUT2D eigenvalue weighted by molar-refractivity contribution is 5.93. The minimum atomic E-state index is -0.134. The van der Waals surface area contributed by atoms with E-state index in [-0.39, 0.29) is 23.7 Å². The number of benzene rings is 1. The maximum Gasteiger partial charge on any atom is 0.229 e. The second kappa shape index (κ2) is 9.07. The average Bonchev–Trinajstić information content (AvgIpc) is 2.80. The molecule has 2 aliphatic heterocycles. The lowest BCUT2D eigenvalue weighted by atomic mass is 9.91. The lowest BCUT2D eigenvalue weighted by Crippen LogP contribution is -2.48. The first kappa shape index (κ1) is 19.4. The number of nitrogens with zero attached hydrogens (tertiary/aromatic N) is 3. The fourth-order valence-corrected chi connectivity index (χ4v) is 4.35. The van der Waals surface area contributed by atoms with Crippen LogP contribution in [0.5, 0.6) is 0 Å². The fourth-order valence-electron chi connectivity index (χ4n) is 4.35. The largest absolute Gasteiger partial charge is 0.371 e. The monoisotopic (exact) mass is 392 g/mol. The third-order valence-corrected chi connectivity index (χ3v) is 6.02. The van der Waals surface area contributed by atoms with Crippen molar-refractivity contribution in [1.29, 1.82) is 0 Å². The lowest BCUT2D eigenvalue weighted by molar-refractivity contribution is -0.139. The Balaban J connectivity index is 1.30. The Morgan fingerprint density at radius 2 is 1.62 bits per heavy atom. The molecule has 0 saturated carbocycles. The first-order valence-electron chi connectivity index (χ1n) is 10.5. The van der Waals surface area contributed by atoms with Gasteiger partial charge in [-0.15, -0.1) is 0 Å². The number of rotatable bonds is 4. The van der Waals surface area contributed by atoms with E-state index < -0.39 is 0 Å². The minimum absolute atomic E-state index is 0.0150. The number of nitrogens with one attached hydrogen (secondary N) is 1. The summed E-state index contributed by atoms with van der Waals surface area (Å²) in [5.41, 5.74) is 1.98. The van der Waals surface area contributed by atoms with Crippen LogP contribution in [0.25, 0.3) is 0 Å². The van der Waals surface area contributed by atoms with Crippen molar-refractivity contribution in [1.82, 2.24) is 9.88 Å². The van der Waals surface area contributed by atoms with E-state index in [4.69, 9.17) is 0 Å². The summed E-state index contributed by atoms with van der Waals surface area (Å²) in [6, 6.07) is 13.6. The molecule has 1 aromatic carbocycles. The molecule has 6 heteroatoms. The van der Waals surface area contributed by atoms with Crippen LogP contribution in [-0.2, 0) is 9.59 Å². The van der Waals surface area contributed by atoms with Crippen LogP contribution < -0.4 is 10.2 Å². The van der Waals surface area contributed by atoms with E-state index in [1.807, 2.05) is 47.4 Å². The van der Waals surface area contributed by atoms with Gasteiger partial charge in [-0.05, 0) is 49.9 Å². The molecule has 0 spiro atoms. The van der Waals surface area contributed by atoms with E-state index >= 15 is 0 Å². The zero-order valence-electron chi connectivity index (χ0n) is 16.7. The van der Waals surface area contributed by atoms with Crippen LogP contribution in [0.1, 0.15) is 25.7 Å². The average molecular weight is 393 g/mol. The highest BCUT2D eigenvalue weighted by Gasteiger charge is 2.33. The molecule has 0 aliphatic carbocycles. The summed E-state index contributed by atoms with van der Waals surface area (Å²) in [7, 11) is 0. The Kier molecular flexibility index (Phi) is 6.08. The molecule has 2 fully saturated rings. The summed E-state index contributed by atoms with van der Waals surface area (Å²) in [6.07, 6.45) is 7.05. The molecule has 2 amide bonds. The molecular formula is C23H28N4O2. The molecule has 2 aliphatic rings. The van der Waals surface area contributed by atoms with E-state index in [9.17, 15) is 9.59 Å². The Morgan fingerprint density at radius 3 is 2.34 bits per heavy atom. The third kappa shape index (κ3) is 4.75. The number of hydrogen-bond donors (Lipinski definition) is 1. The number of piperidine rings is 2. The molecule has 1 N–H and O–H groups in total. The number of amides is 2. The van der Waals surface area contributed by atoms with Gasteiger partial charge < -0.3 is 15.1 Å². The van der Waals surface area contributed by atoms with Gasteiger partial charge in [0.05, 0.1) is 5.92 Å². The molecule has 1 aromatic heterocycles. The van der Waals surface area contributed by atoms with Crippen molar-refractivity contribution >= 4 is 23.2 Å². The molecule has 29 heavy (non-hydrogen) atoms. The smallest absolute Gasteiger partial charge is 0.229 e. The summed E-state index contributed by atoms with van der Waals surface area (Å²) in [4.78, 5) is 34.1. The van der Waals surface area contributed by atoms with Gasteiger partial charge in [0.2, 0.25) is 11.8 Å². The standard InChI is InChI=1S/C23H28N4O2/c28-22(25-20-6-2-1-3-7-20)19-5-4-14-27(17-19)23(29)18-10-15-26(16-11-18)21-8-12-24-13-9-21/h1-3,6-9,12-13,18-19H,4-5,10-11,14-17H2,(H,25,28). The number of carbonyl (C=O) groups is 2. The number of aromatic nitrogens is 1. The van der Waals surface area contributed by atoms with E-state index in [1.165, 1.54) is 5.69 Å². The molecule has 2 saturated heterocycles. The SMILES string of the molecule is O=C(Nc1ccccc1)C1CCCN(C(=O)C2CCN(c3ccncc3)CC2)C1. The van der Waals surface area contributed by atoms with Gasteiger partial charge >= 0.3 is 0 Å².